The number of nitrogens with zero attached hydrogens (tertiary/aromatic N) is 5. The lowest BCUT2D eigenvalue weighted by Gasteiger charge is -2.12. The van der Waals surface area contributed by atoms with Gasteiger partial charge in [0, 0.05) is 11.8 Å². The molecule has 1 amide bonds. The van der Waals surface area contributed by atoms with Crippen molar-refractivity contribution >= 4 is 29.0 Å². The van der Waals surface area contributed by atoms with E-state index in [-0.39, 0.29) is 5.69 Å². The first-order valence-electron chi connectivity index (χ1n) is 8.12. The van der Waals surface area contributed by atoms with Crippen LogP contribution in [0.15, 0.2) is 47.6 Å². The molecule has 0 bridgehead atoms. The summed E-state index contributed by atoms with van der Waals surface area (Å²) in [5, 5.41) is 24.8. The number of rotatable bonds is 6. The Labute approximate surface area is 163 Å². The maximum absolute atomic E-state index is 13.4. The van der Waals surface area contributed by atoms with Crippen molar-refractivity contribution in [1.82, 2.24) is 20.2 Å². The van der Waals surface area contributed by atoms with E-state index in [1.807, 2.05) is 31.2 Å². The zero-order valence-corrected chi connectivity index (χ0v) is 15.7. The molecule has 3 rings (SSSR count). The van der Waals surface area contributed by atoms with Crippen LogP contribution in [-0.2, 0) is 4.79 Å². The van der Waals surface area contributed by atoms with Crippen molar-refractivity contribution in [3.05, 3.63) is 64.0 Å². The molecule has 0 aliphatic rings. The van der Waals surface area contributed by atoms with Crippen LogP contribution in [0.3, 0.4) is 0 Å². The van der Waals surface area contributed by atoms with Crippen LogP contribution in [0, 0.1) is 22.9 Å². The number of aryl methyl sites for hydroxylation is 1. The van der Waals surface area contributed by atoms with Crippen LogP contribution in [0.4, 0.5) is 15.8 Å². The fraction of sp³-hybridized carbons (Fsp3) is 0.176. The van der Waals surface area contributed by atoms with Gasteiger partial charge in [-0.05, 0) is 48.0 Å². The number of halogens is 1. The summed E-state index contributed by atoms with van der Waals surface area (Å²) in [6, 6.07) is 10.7. The Kier molecular flexibility index (Phi) is 5.64. The molecule has 0 saturated carbocycles. The molecule has 2 aromatic carbocycles. The van der Waals surface area contributed by atoms with Crippen LogP contribution < -0.4 is 5.32 Å². The molecule has 0 aliphatic carbocycles. The normalized spacial score (nSPS) is 11.8. The summed E-state index contributed by atoms with van der Waals surface area (Å²) in [5.41, 5.74) is 1.18. The van der Waals surface area contributed by atoms with Crippen molar-refractivity contribution in [2.45, 2.75) is 24.3 Å². The number of carbonyl (C=O) groups is 1. The molecule has 9 nitrogen and oxygen atoms in total. The van der Waals surface area contributed by atoms with Gasteiger partial charge in [-0.1, -0.05) is 30.0 Å². The van der Waals surface area contributed by atoms with E-state index in [0.717, 1.165) is 35.1 Å². The van der Waals surface area contributed by atoms with Gasteiger partial charge in [-0.15, -0.1) is 5.10 Å². The van der Waals surface area contributed by atoms with Crippen molar-refractivity contribution in [2.24, 2.45) is 0 Å². The van der Waals surface area contributed by atoms with Gasteiger partial charge < -0.3 is 5.32 Å². The molecule has 28 heavy (non-hydrogen) atoms. The lowest BCUT2D eigenvalue weighted by molar-refractivity contribution is -0.387. The maximum atomic E-state index is 13.4. The second kappa shape index (κ2) is 8.13. The SMILES string of the molecule is Cc1ccccc1-n1nnnc1S[C@H](C)C(=O)Nc1ccc(F)c([N+](=O)[O-])c1. The van der Waals surface area contributed by atoms with Crippen LogP contribution in [0.25, 0.3) is 5.69 Å². The van der Waals surface area contributed by atoms with Gasteiger partial charge in [-0.2, -0.15) is 9.07 Å². The molecule has 1 N–H and O–H groups in total. The third kappa shape index (κ3) is 4.14. The number of aromatic nitrogens is 4. The van der Waals surface area contributed by atoms with Crippen molar-refractivity contribution in [2.75, 3.05) is 5.32 Å². The highest BCUT2D eigenvalue weighted by Gasteiger charge is 2.21. The minimum absolute atomic E-state index is 0.129. The number of benzene rings is 2. The first-order valence-corrected chi connectivity index (χ1v) is 9.00. The number of anilines is 1. The molecule has 0 aliphatic heterocycles. The number of nitrogens with one attached hydrogen (secondary N) is 1. The fourth-order valence-electron chi connectivity index (χ4n) is 2.39. The lowest BCUT2D eigenvalue weighted by Crippen LogP contribution is -2.23. The molecular weight excluding hydrogens is 387 g/mol. The summed E-state index contributed by atoms with van der Waals surface area (Å²) in [4.78, 5) is 22.4. The number of tetrazole rings is 1. The second-order valence-corrected chi connectivity index (χ2v) is 7.14. The molecule has 144 valence electrons. The number of hydrogen-bond acceptors (Lipinski definition) is 7. The summed E-state index contributed by atoms with van der Waals surface area (Å²) in [6.07, 6.45) is 0. The predicted octanol–water partition coefficient (Wildman–Crippen LogP) is 3.14. The fourth-order valence-corrected chi connectivity index (χ4v) is 3.19. The molecule has 0 radical (unpaired) electrons. The molecular formula is C17H15FN6O3S. The monoisotopic (exact) mass is 402 g/mol. The first-order chi connectivity index (χ1) is 13.4. The number of carbonyl (C=O) groups excluding carboxylic acids is 1. The van der Waals surface area contributed by atoms with Gasteiger partial charge in [0.05, 0.1) is 15.9 Å². The van der Waals surface area contributed by atoms with Gasteiger partial charge in [-0.3, -0.25) is 14.9 Å². The van der Waals surface area contributed by atoms with Gasteiger partial charge in [0.1, 0.15) is 0 Å². The third-order valence-corrected chi connectivity index (χ3v) is 4.88. The van der Waals surface area contributed by atoms with E-state index in [1.165, 1.54) is 10.7 Å². The summed E-state index contributed by atoms with van der Waals surface area (Å²) in [5.74, 6) is -1.40. The van der Waals surface area contributed by atoms with E-state index in [0.29, 0.717) is 5.16 Å². The molecule has 1 heterocycles. The Morgan fingerprint density at radius 3 is 2.79 bits per heavy atom. The highest BCUT2D eigenvalue weighted by Crippen LogP contribution is 2.26. The van der Waals surface area contributed by atoms with Crippen LogP contribution in [0.5, 0.6) is 0 Å². The molecule has 1 aromatic heterocycles. The van der Waals surface area contributed by atoms with Crippen LogP contribution in [-0.4, -0.2) is 36.3 Å². The first kappa shape index (κ1) is 19.4. The Balaban J connectivity index is 1.74. The summed E-state index contributed by atoms with van der Waals surface area (Å²) >= 11 is 1.13. The van der Waals surface area contributed by atoms with E-state index >= 15 is 0 Å². The number of amides is 1. The topological polar surface area (TPSA) is 116 Å². The Bertz CT molecular complexity index is 1040. The minimum atomic E-state index is -0.970. The Morgan fingerprint density at radius 2 is 2.07 bits per heavy atom. The van der Waals surface area contributed by atoms with Crippen LogP contribution in [0.2, 0.25) is 0 Å². The van der Waals surface area contributed by atoms with Crippen LogP contribution in [0.1, 0.15) is 12.5 Å². The van der Waals surface area contributed by atoms with Gasteiger partial charge in [-0.25, -0.2) is 0 Å². The van der Waals surface area contributed by atoms with E-state index in [9.17, 15) is 19.3 Å². The largest absolute Gasteiger partial charge is 0.325 e. The van der Waals surface area contributed by atoms with Gasteiger partial charge in [0.15, 0.2) is 0 Å². The highest BCUT2D eigenvalue weighted by atomic mass is 32.2. The zero-order valence-electron chi connectivity index (χ0n) is 14.9. The summed E-state index contributed by atoms with van der Waals surface area (Å²) in [6.45, 7) is 3.57. The van der Waals surface area contributed by atoms with Gasteiger partial charge >= 0.3 is 5.69 Å². The molecule has 0 unspecified atom stereocenters. The standard InChI is InChI=1S/C17H15FN6O3S/c1-10-5-3-4-6-14(10)23-17(20-21-22-23)28-11(2)16(25)19-12-7-8-13(18)15(9-12)24(26)27/h3-9,11H,1-2H3,(H,19,25)/t11-/m1/s1. The Hall–Kier alpha value is -3.34. The predicted molar refractivity (Wildman–Crippen MR) is 101 cm³/mol. The molecule has 0 saturated heterocycles. The molecule has 1 atom stereocenters. The summed E-state index contributed by atoms with van der Waals surface area (Å²) in [7, 11) is 0. The minimum Gasteiger partial charge on any atom is -0.325 e. The molecule has 3 aromatic rings. The average molecular weight is 402 g/mol. The average Bonchev–Trinajstić information content (AvgIpc) is 3.11. The van der Waals surface area contributed by atoms with E-state index < -0.39 is 27.6 Å². The van der Waals surface area contributed by atoms with Crippen molar-refractivity contribution in [3.63, 3.8) is 0 Å². The number of thioether (sulfide) groups is 1. The smallest absolute Gasteiger partial charge is 0.306 e. The molecule has 0 fully saturated rings. The number of hydrogen-bond donors (Lipinski definition) is 1. The van der Waals surface area contributed by atoms with E-state index in [2.05, 4.69) is 20.8 Å². The quantitative estimate of drug-likeness (QED) is 0.382. The summed E-state index contributed by atoms with van der Waals surface area (Å²) < 4.78 is 15.0. The number of nitro benzene ring substituents is 1. The van der Waals surface area contributed by atoms with Crippen molar-refractivity contribution in [3.8, 4) is 5.69 Å². The maximum Gasteiger partial charge on any atom is 0.306 e. The lowest BCUT2D eigenvalue weighted by atomic mass is 10.2. The van der Waals surface area contributed by atoms with Crippen molar-refractivity contribution < 1.29 is 14.1 Å². The third-order valence-electron chi connectivity index (χ3n) is 3.85. The second-order valence-electron chi connectivity index (χ2n) is 5.83. The zero-order chi connectivity index (χ0) is 20.3. The van der Waals surface area contributed by atoms with E-state index in [4.69, 9.17) is 0 Å². The molecule has 11 heteroatoms. The van der Waals surface area contributed by atoms with Crippen molar-refractivity contribution in [1.29, 1.82) is 0 Å². The number of nitro groups is 1. The Morgan fingerprint density at radius 1 is 1.32 bits per heavy atom. The highest BCUT2D eigenvalue weighted by molar-refractivity contribution is 8.00. The van der Waals surface area contributed by atoms with E-state index in [1.54, 1.807) is 6.92 Å². The van der Waals surface area contributed by atoms with Gasteiger partial charge in [0.2, 0.25) is 16.9 Å². The van der Waals surface area contributed by atoms with Gasteiger partial charge in [0.25, 0.3) is 0 Å². The van der Waals surface area contributed by atoms with Crippen LogP contribution >= 0.6 is 11.8 Å². The molecule has 0 spiro atoms. The number of para-hydroxylation sites is 1.